The molecule has 0 N–H and O–H groups in total. The number of aromatic nitrogens is 5. The number of hydrogen-bond acceptors (Lipinski definition) is 6. The van der Waals surface area contributed by atoms with Gasteiger partial charge in [0.15, 0.2) is 5.69 Å². The zero-order chi connectivity index (χ0) is 16.7. The van der Waals surface area contributed by atoms with Crippen molar-refractivity contribution in [1.29, 1.82) is 0 Å². The molecule has 6 nitrogen and oxygen atoms in total. The molecule has 3 aromatic rings. The lowest BCUT2D eigenvalue weighted by molar-refractivity contribution is 0.324. The second-order valence-corrected chi connectivity index (χ2v) is 7.51. The van der Waals surface area contributed by atoms with Gasteiger partial charge in [0, 0.05) is 10.6 Å². The van der Waals surface area contributed by atoms with Crippen LogP contribution in [0.25, 0.3) is 23.0 Å². The van der Waals surface area contributed by atoms with Crippen molar-refractivity contribution in [2.45, 2.75) is 58.9 Å². The molecular weight excluding hydrogens is 322 g/mol. The van der Waals surface area contributed by atoms with Crippen molar-refractivity contribution >= 4 is 11.5 Å². The lowest BCUT2D eigenvalue weighted by Crippen LogP contribution is -2.15. The van der Waals surface area contributed by atoms with Crippen molar-refractivity contribution in [3.05, 3.63) is 22.3 Å². The van der Waals surface area contributed by atoms with Crippen LogP contribution in [-0.4, -0.2) is 24.3 Å². The van der Waals surface area contributed by atoms with E-state index in [0.717, 1.165) is 27.5 Å². The normalized spacial score (nSPS) is 16.0. The number of rotatable bonds is 3. The van der Waals surface area contributed by atoms with Crippen LogP contribution in [0.1, 0.15) is 54.4 Å². The summed E-state index contributed by atoms with van der Waals surface area (Å²) in [6.07, 6.45) is 6.32. The number of aryl methyl sites for hydroxylation is 3. The topological polar surface area (TPSA) is 69.6 Å². The second kappa shape index (κ2) is 6.12. The SMILES string of the molecule is Cc1nsc(C)c1-c1noc(-c2cc(C)n(C3CCCCC3)n2)n1. The Morgan fingerprint density at radius 1 is 1.17 bits per heavy atom. The Bertz CT molecular complexity index is 837. The van der Waals surface area contributed by atoms with Crippen LogP contribution in [-0.2, 0) is 0 Å². The van der Waals surface area contributed by atoms with Crippen LogP contribution in [0.2, 0.25) is 0 Å². The van der Waals surface area contributed by atoms with E-state index < -0.39 is 0 Å². The van der Waals surface area contributed by atoms with Crippen LogP contribution in [0.5, 0.6) is 0 Å². The molecule has 0 saturated heterocycles. The Morgan fingerprint density at radius 3 is 2.67 bits per heavy atom. The van der Waals surface area contributed by atoms with E-state index in [1.54, 1.807) is 0 Å². The molecule has 3 aromatic heterocycles. The quantitative estimate of drug-likeness (QED) is 0.701. The zero-order valence-corrected chi connectivity index (χ0v) is 15.1. The predicted octanol–water partition coefficient (Wildman–Crippen LogP) is 4.49. The van der Waals surface area contributed by atoms with Gasteiger partial charge in [-0.15, -0.1) is 0 Å². The fourth-order valence-electron chi connectivity index (χ4n) is 3.52. The molecule has 7 heteroatoms. The summed E-state index contributed by atoms with van der Waals surface area (Å²) in [7, 11) is 0. The summed E-state index contributed by atoms with van der Waals surface area (Å²) < 4.78 is 12.0. The van der Waals surface area contributed by atoms with E-state index in [0.29, 0.717) is 17.8 Å². The minimum absolute atomic E-state index is 0.479. The fraction of sp³-hybridized carbons (Fsp3) is 0.529. The highest BCUT2D eigenvalue weighted by atomic mass is 32.1. The van der Waals surface area contributed by atoms with Crippen LogP contribution in [0.4, 0.5) is 0 Å². The lowest BCUT2D eigenvalue weighted by atomic mass is 9.95. The molecule has 1 saturated carbocycles. The van der Waals surface area contributed by atoms with Crippen LogP contribution >= 0.6 is 11.5 Å². The maximum absolute atomic E-state index is 5.48. The second-order valence-electron chi connectivity index (χ2n) is 6.53. The van der Waals surface area contributed by atoms with Crippen LogP contribution in [0.15, 0.2) is 10.6 Å². The molecule has 0 spiro atoms. The average molecular weight is 343 g/mol. The molecule has 0 aromatic carbocycles. The van der Waals surface area contributed by atoms with Gasteiger partial charge in [0.2, 0.25) is 5.82 Å². The first-order chi connectivity index (χ1) is 11.6. The molecule has 0 unspecified atom stereocenters. The van der Waals surface area contributed by atoms with Gasteiger partial charge in [0.05, 0.1) is 17.3 Å². The van der Waals surface area contributed by atoms with Gasteiger partial charge in [-0.3, -0.25) is 4.68 Å². The molecule has 0 atom stereocenters. The Labute approximate surface area is 145 Å². The van der Waals surface area contributed by atoms with Crippen LogP contribution in [0, 0.1) is 20.8 Å². The van der Waals surface area contributed by atoms with Gasteiger partial charge in [-0.25, -0.2) is 0 Å². The van der Waals surface area contributed by atoms with Gasteiger partial charge in [0.1, 0.15) is 0 Å². The van der Waals surface area contributed by atoms with Crippen molar-refractivity contribution in [2.24, 2.45) is 0 Å². The van der Waals surface area contributed by atoms with Crippen molar-refractivity contribution in [1.82, 2.24) is 24.3 Å². The summed E-state index contributed by atoms with van der Waals surface area (Å²) in [5.41, 5.74) is 3.82. The summed E-state index contributed by atoms with van der Waals surface area (Å²) in [6, 6.07) is 2.54. The minimum atomic E-state index is 0.479. The molecule has 1 aliphatic rings. The molecule has 126 valence electrons. The molecule has 3 heterocycles. The summed E-state index contributed by atoms with van der Waals surface area (Å²) in [4.78, 5) is 5.66. The van der Waals surface area contributed by atoms with Gasteiger partial charge in [-0.05, 0) is 51.2 Å². The Balaban J connectivity index is 1.65. The molecule has 1 aliphatic carbocycles. The standard InChI is InChI=1S/C17H21N5OS/c1-10-9-14(19-22(10)13-7-5-4-6-8-13)17-18-16(20-23-17)15-11(2)21-24-12(15)3/h9,13H,4-8H2,1-3H3. The van der Waals surface area contributed by atoms with Gasteiger partial charge in [-0.2, -0.15) is 14.5 Å². The maximum Gasteiger partial charge on any atom is 0.278 e. The average Bonchev–Trinajstić information content (AvgIpc) is 3.28. The molecule has 1 fully saturated rings. The van der Waals surface area contributed by atoms with Gasteiger partial charge in [0.25, 0.3) is 5.89 Å². The molecule has 0 radical (unpaired) electrons. The molecule has 0 aliphatic heterocycles. The largest absolute Gasteiger partial charge is 0.332 e. The summed E-state index contributed by atoms with van der Waals surface area (Å²) in [5, 5.41) is 8.89. The van der Waals surface area contributed by atoms with Gasteiger partial charge >= 0.3 is 0 Å². The van der Waals surface area contributed by atoms with Crippen molar-refractivity contribution in [3.63, 3.8) is 0 Å². The molecule has 0 bridgehead atoms. The molecule has 0 amide bonds. The zero-order valence-electron chi connectivity index (χ0n) is 14.2. The summed E-state index contributed by atoms with van der Waals surface area (Å²) in [6.45, 7) is 6.09. The van der Waals surface area contributed by atoms with E-state index in [1.165, 1.54) is 43.6 Å². The Kier molecular flexibility index (Phi) is 3.96. The van der Waals surface area contributed by atoms with E-state index in [9.17, 15) is 0 Å². The highest BCUT2D eigenvalue weighted by Gasteiger charge is 2.22. The van der Waals surface area contributed by atoms with Crippen molar-refractivity contribution in [2.75, 3.05) is 0 Å². The smallest absolute Gasteiger partial charge is 0.278 e. The van der Waals surface area contributed by atoms with E-state index in [-0.39, 0.29) is 0 Å². The third-order valence-electron chi connectivity index (χ3n) is 4.75. The first-order valence-corrected chi connectivity index (χ1v) is 9.24. The third-order valence-corrected chi connectivity index (χ3v) is 5.59. The van der Waals surface area contributed by atoms with Crippen LogP contribution < -0.4 is 0 Å². The van der Waals surface area contributed by atoms with E-state index in [4.69, 9.17) is 9.62 Å². The highest BCUT2D eigenvalue weighted by molar-refractivity contribution is 7.06. The van der Waals surface area contributed by atoms with Gasteiger partial charge < -0.3 is 4.52 Å². The molecular formula is C17H21N5OS. The Hall–Kier alpha value is -2.02. The molecule has 4 rings (SSSR count). The van der Waals surface area contributed by atoms with E-state index in [2.05, 4.69) is 26.1 Å². The van der Waals surface area contributed by atoms with E-state index in [1.807, 2.05) is 19.9 Å². The van der Waals surface area contributed by atoms with Crippen molar-refractivity contribution < 1.29 is 4.52 Å². The number of hydrogen-bond donors (Lipinski definition) is 0. The first kappa shape index (κ1) is 15.5. The maximum atomic E-state index is 5.48. The Morgan fingerprint density at radius 2 is 1.96 bits per heavy atom. The predicted molar refractivity (Wildman–Crippen MR) is 93.0 cm³/mol. The first-order valence-electron chi connectivity index (χ1n) is 8.47. The molecule has 24 heavy (non-hydrogen) atoms. The van der Waals surface area contributed by atoms with Crippen LogP contribution in [0.3, 0.4) is 0 Å². The fourth-order valence-corrected chi connectivity index (χ4v) is 4.21. The summed E-state index contributed by atoms with van der Waals surface area (Å²) >= 11 is 1.46. The minimum Gasteiger partial charge on any atom is -0.332 e. The lowest BCUT2D eigenvalue weighted by Gasteiger charge is -2.23. The third kappa shape index (κ3) is 2.66. The van der Waals surface area contributed by atoms with Crippen molar-refractivity contribution in [3.8, 4) is 23.0 Å². The van der Waals surface area contributed by atoms with Gasteiger partial charge in [-0.1, -0.05) is 24.4 Å². The summed E-state index contributed by atoms with van der Waals surface area (Å²) in [5.74, 6) is 1.08. The monoisotopic (exact) mass is 343 g/mol. The number of nitrogens with zero attached hydrogens (tertiary/aromatic N) is 5. The van der Waals surface area contributed by atoms with E-state index >= 15 is 0 Å². The highest BCUT2D eigenvalue weighted by Crippen LogP contribution is 2.32.